The summed E-state index contributed by atoms with van der Waals surface area (Å²) in [7, 11) is 0. The van der Waals surface area contributed by atoms with Gasteiger partial charge in [0.1, 0.15) is 0 Å². The van der Waals surface area contributed by atoms with E-state index in [1.54, 1.807) is 11.3 Å². The summed E-state index contributed by atoms with van der Waals surface area (Å²) in [5.41, 5.74) is 3.70. The third-order valence-corrected chi connectivity index (χ3v) is 4.79. The van der Waals surface area contributed by atoms with Crippen molar-refractivity contribution in [3.8, 4) is 0 Å². The molecule has 1 aromatic carbocycles. The van der Waals surface area contributed by atoms with Crippen molar-refractivity contribution in [2.24, 2.45) is 0 Å². The maximum atomic E-state index is 4.56. The maximum Gasteiger partial charge on any atom is 0.0898 e. The highest BCUT2D eigenvalue weighted by Crippen LogP contribution is 2.22. The molecule has 1 atom stereocenters. The predicted octanol–water partition coefficient (Wildman–Crippen LogP) is 4.22. The molecule has 0 radical (unpaired) electrons. The lowest BCUT2D eigenvalue weighted by Crippen LogP contribution is -2.18. The molecule has 1 N–H and O–H groups in total. The monoisotopic (exact) mass is 301 g/mol. The minimum absolute atomic E-state index is 0.247. The summed E-state index contributed by atoms with van der Waals surface area (Å²) in [6.45, 7) is 7.78. The molecule has 3 rings (SSSR count). The fourth-order valence-electron chi connectivity index (χ4n) is 2.86. The molecule has 0 amide bonds. The Morgan fingerprint density at radius 3 is 2.86 bits per heavy atom. The van der Waals surface area contributed by atoms with Crippen LogP contribution in [-0.4, -0.2) is 23.0 Å². The Morgan fingerprint density at radius 1 is 1.33 bits per heavy atom. The topological polar surface area (TPSA) is 28.2 Å². The minimum Gasteiger partial charge on any atom is -0.377 e. The number of hydrogen-bond acceptors (Lipinski definition) is 4. The van der Waals surface area contributed by atoms with Gasteiger partial charge in [0.25, 0.3) is 0 Å². The quantitative estimate of drug-likeness (QED) is 0.896. The van der Waals surface area contributed by atoms with Gasteiger partial charge in [0, 0.05) is 17.6 Å². The normalized spacial score (nSPS) is 17.0. The first kappa shape index (κ1) is 14.5. The number of benzene rings is 1. The van der Waals surface area contributed by atoms with Gasteiger partial charge in [0.15, 0.2) is 0 Å². The third kappa shape index (κ3) is 3.83. The number of anilines is 1. The Morgan fingerprint density at radius 2 is 2.14 bits per heavy atom. The number of hydrogen-bond donors (Lipinski definition) is 1. The van der Waals surface area contributed by atoms with Gasteiger partial charge in [0.2, 0.25) is 0 Å². The average Bonchev–Trinajstić information content (AvgIpc) is 3.11. The van der Waals surface area contributed by atoms with E-state index in [0.29, 0.717) is 0 Å². The summed E-state index contributed by atoms with van der Waals surface area (Å²) in [5.74, 6) is 0. The largest absolute Gasteiger partial charge is 0.377 e. The highest BCUT2D eigenvalue weighted by molar-refractivity contribution is 7.09. The lowest BCUT2D eigenvalue weighted by Gasteiger charge is -2.17. The zero-order chi connectivity index (χ0) is 14.7. The molecule has 1 unspecified atom stereocenters. The molecule has 1 aromatic heterocycles. The van der Waals surface area contributed by atoms with Crippen molar-refractivity contribution < 1.29 is 0 Å². The van der Waals surface area contributed by atoms with Gasteiger partial charge in [-0.3, -0.25) is 4.90 Å². The van der Waals surface area contributed by atoms with Gasteiger partial charge in [-0.25, -0.2) is 4.98 Å². The van der Waals surface area contributed by atoms with Crippen molar-refractivity contribution >= 4 is 17.0 Å². The molecule has 1 aliphatic rings. The van der Waals surface area contributed by atoms with E-state index in [2.05, 4.69) is 58.7 Å². The highest BCUT2D eigenvalue weighted by atomic mass is 32.1. The molecule has 3 nitrogen and oxygen atoms in total. The van der Waals surface area contributed by atoms with Gasteiger partial charge in [-0.15, -0.1) is 11.3 Å². The molecule has 0 bridgehead atoms. The van der Waals surface area contributed by atoms with Crippen molar-refractivity contribution in [3.05, 3.63) is 45.9 Å². The van der Waals surface area contributed by atoms with E-state index in [1.165, 1.54) is 37.2 Å². The third-order valence-electron chi connectivity index (χ3n) is 4.00. The molecule has 1 saturated heterocycles. The first-order chi connectivity index (χ1) is 10.2. The van der Waals surface area contributed by atoms with Crippen LogP contribution in [0.15, 0.2) is 29.6 Å². The smallest absolute Gasteiger partial charge is 0.0898 e. The fraction of sp³-hybridized carbons (Fsp3) is 0.471. The fourth-order valence-corrected chi connectivity index (χ4v) is 3.57. The Labute approximate surface area is 131 Å². The first-order valence-corrected chi connectivity index (χ1v) is 8.58. The number of thiazole rings is 1. The summed E-state index contributed by atoms with van der Waals surface area (Å²) in [4.78, 5) is 7.09. The standard InChI is InChI=1S/C17H23N3S/c1-13(17-12-21-14(2)19-17)18-16-7-5-6-15(10-16)11-20-8-3-4-9-20/h5-7,10,12-13,18H,3-4,8-9,11H2,1-2H3. The van der Waals surface area contributed by atoms with Crippen LogP contribution < -0.4 is 5.32 Å². The van der Waals surface area contributed by atoms with Crippen LogP contribution in [0.25, 0.3) is 0 Å². The van der Waals surface area contributed by atoms with Gasteiger partial charge < -0.3 is 5.32 Å². The van der Waals surface area contributed by atoms with E-state index in [1.807, 2.05) is 0 Å². The number of rotatable bonds is 5. The number of nitrogens with one attached hydrogen (secondary N) is 1. The van der Waals surface area contributed by atoms with Crippen LogP contribution in [0.4, 0.5) is 5.69 Å². The number of likely N-dealkylation sites (tertiary alicyclic amines) is 1. The molecule has 0 spiro atoms. The van der Waals surface area contributed by atoms with Crippen LogP contribution in [0, 0.1) is 6.92 Å². The van der Waals surface area contributed by atoms with Crippen LogP contribution >= 0.6 is 11.3 Å². The first-order valence-electron chi connectivity index (χ1n) is 7.70. The van der Waals surface area contributed by atoms with Crippen LogP contribution in [-0.2, 0) is 6.54 Å². The summed E-state index contributed by atoms with van der Waals surface area (Å²) in [6, 6.07) is 9.03. The van der Waals surface area contributed by atoms with Gasteiger partial charge >= 0.3 is 0 Å². The van der Waals surface area contributed by atoms with Gasteiger partial charge in [0.05, 0.1) is 16.7 Å². The van der Waals surface area contributed by atoms with E-state index < -0.39 is 0 Å². The van der Waals surface area contributed by atoms with E-state index in [0.717, 1.165) is 17.2 Å². The van der Waals surface area contributed by atoms with Crippen molar-refractivity contribution in [1.29, 1.82) is 0 Å². The zero-order valence-electron chi connectivity index (χ0n) is 12.8. The van der Waals surface area contributed by atoms with Gasteiger partial charge in [-0.05, 0) is 57.5 Å². The van der Waals surface area contributed by atoms with Crippen molar-refractivity contribution in [2.45, 2.75) is 39.3 Å². The molecule has 1 fully saturated rings. The molecule has 0 saturated carbocycles. The number of nitrogens with zero attached hydrogens (tertiary/aromatic N) is 2. The second-order valence-electron chi connectivity index (χ2n) is 5.84. The number of aryl methyl sites for hydroxylation is 1. The molecular weight excluding hydrogens is 278 g/mol. The second-order valence-corrected chi connectivity index (χ2v) is 6.90. The van der Waals surface area contributed by atoms with E-state index in [4.69, 9.17) is 0 Å². The number of aromatic nitrogens is 1. The van der Waals surface area contributed by atoms with Crippen LogP contribution in [0.3, 0.4) is 0 Å². The van der Waals surface area contributed by atoms with Crippen molar-refractivity contribution in [3.63, 3.8) is 0 Å². The van der Waals surface area contributed by atoms with E-state index in [9.17, 15) is 0 Å². The Hall–Kier alpha value is -1.39. The van der Waals surface area contributed by atoms with Gasteiger partial charge in [-0.2, -0.15) is 0 Å². The van der Waals surface area contributed by atoms with E-state index in [-0.39, 0.29) is 6.04 Å². The van der Waals surface area contributed by atoms with E-state index >= 15 is 0 Å². The second kappa shape index (κ2) is 6.58. The molecule has 21 heavy (non-hydrogen) atoms. The maximum absolute atomic E-state index is 4.56. The highest BCUT2D eigenvalue weighted by Gasteiger charge is 2.12. The Kier molecular flexibility index (Phi) is 4.56. The lowest BCUT2D eigenvalue weighted by molar-refractivity contribution is 0.331. The van der Waals surface area contributed by atoms with Gasteiger partial charge in [-0.1, -0.05) is 12.1 Å². The molecule has 2 heterocycles. The Bertz CT molecular complexity index is 587. The molecule has 112 valence electrons. The summed E-state index contributed by atoms with van der Waals surface area (Å²) >= 11 is 1.71. The predicted molar refractivity (Wildman–Crippen MR) is 89.8 cm³/mol. The van der Waals surface area contributed by atoms with Crippen LogP contribution in [0.2, 0.25) is 0 Å². The molecule has 2 aromatic rings. The zero-order valence-corrected chi connectivity index (χ0v) is 13.6. The molecule has 4 heteroatoms. The van der Waals surface area contributed by atoms with Crippen molar-refractivity contribution in [1.82, 2.24) is 9.88 Å². The molecular formula is C17H23N3S. The summed E-state index contributed by atoms with van der Waals surface area (Å²) < 4.78 is 0. The SMILES string of the molecule is Cc1nc(C(C)Nc2cccc(CN3CCCC3)c2)cs1. The molecule has 0 aliphatic carbocycles. The van der Waals surface area contributed by atoms with Crippen LogP contribution in [0.1, 0.15) is 42.1 Å². The molecule has 1 aliphatic heterocycles. The lowest BCUT2D eigenvalue weighted by atomic mass is 10.1. The summed E-state index contributed by atoms with van der Waals surface area (Å²) in [5, 5.41) is 6.83. The Balaban J connectivity index is 1.65. The summed E-state index contributed by atoms with van der Waals surface area (Å²) in [6.07, 6.45) is 2.69. The van der Waals surface area contributed by atoms with Crippen LogP contribution in [0.5, 0.6) is 0 Å². The average molecular weight is 301 g/mol. The minimum atomic E-state index is 0.247. The van der Waals surface area contributed by atoms with Crippen molar-refractivity contribution in [2.75, 3.05) is 18.4 Å².